The second-order valence-corrected chi connectivity index (χ2v) is 7.45. The van der Waals surface area contributed by atoms with E-state index in [0.29, 0.717) is 11.4 Å². The summed E-state index contributed by atoms with van der Waals surface area (Å²) in [5.41, 5.74) is 3.26. The van der Waals surface area contributed by atoms with E-state index in [4.69, 9.17) is 4.42 Å². The molecule has 9 nitrogen and oxygen atoms in total. The van der Waals surface area contributed by atoms with Gasteiger partial charge in [0.1, 0.15) is 23.2 Å². The summed E-state index contributed by atoms with van der Waals surface area (Å²) in [5, 5.41) is 17.0. The van der Waals surface area contributed by atoms with Crippen molar-refractivity contribution in [1.29, 1.82) is 5.26 Å². The minimum atomic E-state index is -0.820. The first-order chi connectivity index (χ1) is 16.4. The molecule has 0 atom stereocenters. The molecule has 3 amide bonds. The molecule has 3 aromatic rings. The van der Waals surface area contributed by atoms with Crippen LogP contribution in [-0.4, -0.2) is 22.7 Å². The summed E-state index contributed by atoms with van der Waals surface area (Å²) in [5.74, 6) is -1.56. The Hall–Kier alpha value is -4.71. The number of amides is 3. The average molecular weight is 457 g/mol. The first-order valence-corrected chi connectivity index (χ1v) is 10.4. The fourth-order valence-electron chi connectivity index (χ4n) is 2.89. The van der Waals surface area contributed by atoms with Crippen molar-refractivity contribution in [2.45, 2.75) is 26.9 Å². The number of nitrogens with one attached hydrogen (secondary N) is 3. The molecular formula is C25H23N5O4. The minimum absolute atomic E-state index is 0.0396. The molecule has 172 valence electrons. The van der Waals surface area contributed by atoms with Crippen LogP contribution >= 0.6 is 0 Å². The second-order valence-electron chi connectivity index (χ2n) is 7.45. The molecular weight excluding hydrogens is 434 g/mol. The third kappa shape index (κ3) is 6.64. The lowest BCUT2D eigenvalue weighted by molar-refractivity contribution is -0.136. The number of hydrogen-bond acceptors (Lipinski definition) is 6. The highest BCUT2D eigenvalue weighted by Gasteiger charge is 2.15. The number of rotatable bonds is 7. The molecule has 2 aromatic heterocycles. The van der Waals surface area contributed by atoms with Gasteiger partial charge in [-0.15, -0.1) is 0 Å². The molecule has 0 aliphatic carbocycles. The topological polar surface area (TPSA) is 137 Å². The SMILES string of the molecule is Cc1ccc(NC(=O)C(=O)NCc2ccc(/C=C(\C#N)C(=O)NCc3cccnc3)o2)cc1C. The Bertz CT molecular complexity index is 1270. The van der Waals surface area contributed by atoms with Gasteiger partial charge in [0.05, 0.1) is 6.54 Å². The maximum atomic E-state index is 12.3. The van der Waals surface area contributed by atoms with Gasteiger partial charge in [-0.1, -0.05) is 12.1 Å². The Labute approximate surface area is 196 Å². The summed E-state index contributed by atoms with van der Waals surface area (Å²) in [6, 6.07) is 13.9. The van der Waals surface area contributed by atoms with Gasteiger partial charge in [0.15, 0.2) is 0 Å². The molecule has 3 rings (SSSR count). The Kier molecular flexibility index (Phi) is 7.92. The lowest BCUT2D eigenvalue weighted by Gasteiger charge is -2.07. The number of benzene rings is 1. The van der Waals surface area contributed by atoms with Crippen LogP contribution in [0.1, 0.15) is 28.2 Å². The predicted molar refractivity (Wildman–Crippen MR) is 125 cm³/mol. The van der Waals surface area contributed by atoms with Gasteiger partial charge in [-0.2, -0.15) is 5.26 Å². The summed E-state index contributed by atoms with van der Waals surface area (Å²) in [4.78, 5) is 40.5. The van der Waals surface area contributed by atoms with E-state index in [1.807, 2.05) is 26.0 Å². The lowest BCUT2D eigenvalue weighted by atomic mass is 10.1. The first kappa shape index (κ1) is 23.9. The number of carbonyl (C=O) groups is 3. The zero-order valence-electron chi connectivity index (χ0n) is 18.7. The van der Waals surface area contributed by atoms with Gasteiger partial charge in [-0.25, -0.2) is 0 Å². The highest BCUT2D eigenvalue weighted by molar-refractivity contribution is 6.39. The first-order valence-electron chi connectivity index (χ1n) is 10.4. The number of anilines is 1. The number of aromatic nitrogens is 1. The molecule has 0 unspecified atom stereocenters. The molecule has 0 aliphatic rings. The van der Waals surface area contributed by atoms with Crippen molar-refractivity contribution in [2.75, 3.05) is 5.32 Å². The van der Waals surface area contributed by atoms with Crippen molar-refractivity contribution in [3.05, 3.63) is 88.6 Å². The van der Waals surface area contributed by atoms with Crippen molar-refractivity contribution < 1.29 is 18.8 Å². The van der Waals surface area contributed by atoms with E-state index in [2.05, 4.69) is 20.9 Å². The lowest BCUT2D eigenvalue weighted by Crippen LogP contribution is -2.34. The molecule has 0 saturated heterocycles. The number of nitriles is 1. The monoisotopic (exact) mass is 457 g/mol. The summed E-state index contributed by atoms with van der Waals surface area (Å²) in [6.07, 6.45) is 4.54. The van der Waals surface area contributed by atoms with Crippen molar-refractivity contribution in [3.8, 4) is 6.07 Å². The van der Waals surface area contributed by atoms with E-state index in [0.717, 1.165) is 16.7 Å². The summed E-state index contributed by atoms with van der Waals surface area (Å²) >= 11 is 0. The highest BCUT2D eigenvalue weighted by atomic mass is 16.3. The maximum absolute atomic E-state index is 12.3. The minimum Gasteiger partial charge on any atom is -0.460 e. The Morgan fingerprint density at radius 3 is 2.50 bits per heavy atom. The molecule has 0 fully saturated rings. The van der Waals surface area contributed by atoms with Crippen molar-refractivity contribution in [3.63, 3.8) is 0 Å². The highest BCUT2D eigenvalue weighted by Crippen LogP contribution is 2.14. The van der Waals surface area contributed by atoms with Crippen LogP contribution in [-0.2, 0) is 27.5 Å². The Balaban J connectivity index is 1.53. The van der Waals surface area contributed by atoms with Crippen LogP contribution in [0.25, 0.3) is 6.08 Å². The van der Waals surface area contributed by atoms with E-state index >= 15 is 0 Å². The molecule has 9 heteroatoms. The molecule has 0 radical (unpaired) electrons. The molecule has 1 aromatic carbocycles. The number of carbonyl (C=O) groups excluding carboxylic acids is 3. The third-order valence-corrected chi connectivity index (χ3v) is 4.90. The van der Waals surface area contributed by atoms with Crippen LogP contribution < -0.4 is 16.0 Å². The number of furan rings is 1. The number of hydrogen-bond donors (Lipinski definition) is 3. The van der Waals surface area contributed by atoms with Crippen molar-refractivity contribution in [2.24, 2.45) is 0 Å². The van der Waals surface area contributed by atoms with Gasteiger partial charge in [-0.05, 0) is 60.9 Å². The van der Waals surface area contributed by atoms with E-state index < -0.39 is 17.7 Å². The molecule has 0 aliphatic heterocycles. The van der Waals surface area contributed by atoms with Crippen LogP contribution in [0.2, 0.25) is 0 Å². The van der Waals surface area contributed by atoms with Gasteiger partial charge >= 0.3 is 11.8 Å². The molecule has 0 bridgehead atoms. The van der Waals surface area contributed by atoms with Gasteiger partial charge in [0.25, 0.3) is 5.91 Å². The fraction of sp³-hybridized carbons (Fsp3) is 0.160. The van der Waals surface area contributed by atoms with E-state index in [9.17, 15) is 19.6 Å². The maximum Gasteiger partial charge on any atom is 0.313 e. The zero-order chi connectivity index (χ0) is 24.5. The van der Waals surface area contributed by atoms with Crippen molar-refractivity contribution in [1.82, 2.24) is 15.6 Å². The van der Waals surface area contributed by atoms with Crippen LogP contribution in [0.4, 0.5) is 5.69 Å². The molecule has 0 saturated carbocycles. The smallest absolute Gasteiger partial charge is 0.313 e. The fourth-order valence-corrected chi connectivity index (χ4v) is 2.89. The largest absolute Gasteiger partial charge is 0.460 e. The van der Waals surface area contributed by atoms with Crippen LogP contribution in [0.3, 0.4) is 0 Å². The third-order valence-electron chi connectivity index (χ3n) is 4.90. The standard InChI is InChI=1S/C25H23N5O4/c1-16-5-6-20(10-17(16)2)30-25(33)24(32)29-15-22-8-7-21(34-22)11-19(12-26)23(31)28-14-18-4-3-9-27-13-18/h3-11,13H,14-15H2,1-2H3,(H,28,31)(H,29,32)(H,30,33)/b19-11+. The van der Waals surface area contributed by atoms with Gasteiger partial charge in [0, 0.05) is 30.7 Å². The zero-order valence-corrected chi connectivity index (χ0v) is 18.7. The number of nitrogens with zero attached hydrogens (tertiary/aromatic N) is 2. The second kappa shape index (κ2) is 11.2. The van der Waals surface area contributed by atoms with Crippen molar-refractivity contribution >= 4 is 29.5 Å². The molecule has 2 heterocycles. The summed E-state index contributed by atoms with van der Waals surface area (Å²) < 4.78 is 5.54. The van der Waals surface area contributed by atoms with Gasteiger partial charge in [-0.3, -0.25) is 19.4 Å². The van der Waals surface area contributed by atoms with E-state index in [1.54, 1.807) is 48.8 Å². The predicted octanol–water partition coefficient (Wildman–Crippen LogP) is 2.77. The molecule has 3 N–H and O–H groups in total. The van der Waals surface area contributed by atoms with E-state index in [-0.39, 0.29) is 24.4 Å². The molecule has 34 heavy (non-hydrogen) atoms. The van der Waals surface area contributed by atoms with Crippen LogP contribution in [0, 0.1) is 25.2 Å². The Morgan fingerprint density at radius 2 is 1.79 bits per heavy atom. The summed E-state index contributed by atoms with van der Waals surface area (Å²) in [6.45, 7) is 4.05. The van der Waals surface area contributed by atoms with Crippen LogP contribution in [0.5, 0.6) is 0 Å². The molecule has 0 spiro atoms. The van der Waals surface area contributed by atoms with Crippen LogP contribution in [0.15, 0.2) is 64.8 Å². The average Bonchev–Trinajstić information content (AvgIpc) is 3.29. The quantitative estimate of drug-likeness (QED) is 0.283. The normalized spacial score (nSPS) is 10.8. The Morgan fingerprint density at radius 1 is 1.00 bits per heavy atom. The number of aryl methyl sites for hydroxylation is 2. The number of pyridine rings is 1. The van der Waals surface area contributed by atoms with E-state index in [1.165, 1.54) is 6.08 Å². The van der Waals surface area contributed by atoms with Gasteiger partial charge in [0.2, 0.25) is 0 Å². The summed E-state index contributed by atoms with van der Waals surface area (Å²) in [7, 11) is 0. The van der Waals surface area contributed by atoms with Gasteiger partial charge < -0.3 is 20.4 Å².